The maximum absolute atomic E-state index is 11.6. The minimum atomic E-state index is -0.205. The summed E-state index contributed by atoms with van der Waals surface area (Å²) in [6.07, 6.45) is 0. The van der Waals surface area contributed by atoms with Gasteiger partial charge in [-0.15, -0.1) is 0 Å². The third-order valence-electron chi connectivity index (χ3n) is 2.19. The van der Waals surface area contributed by atoms with Crippen LogP contribution in [0.4, 0.5) is 16.2 Å². The molecule has 0 saturated carbocycles. The number of nitrogens with one attached hydrogen (secondary N) is 2. The summed E-state index contributed by atoms with van der Waals surface area (Å²) in [5.74, 6) is 0. The number of rotatable bonds is 4. The van der Waals surface area contributed by atoms with Crippen LogP contribution in [0.5, 0.6) is 0 Å². The predicted octanol–water partition coefficient (Wildman–Crippen LogP) is 1.34. The number of hydrogen-bond acceptors (Lipinski definition) is 3. The van der Waals surface area contributed by atoms with Crippen molar-refractivity contribution in [1.29, 1.82) is 0 Å². The van der Waals surface area contributed by atoms with Gasteiger partial charge < -0.3 is 21.3 Å². The molecule has 0 spiro atoms. The summed E-state index contributed by atoms with van der Waals surface area (Å²) in [6.45, 7) is 2.76. The van der Waals surface area contributed by atoms with Gasteiger partial charge in [-0.05, 0) is 45.3 Å². The Morgan fingerprint density at radius 3 is 2.47 bits per heavy atom. The molecule has 1 aromatic carbocycles. The van der Waals surface area contributed by atoms with E-state index < -0.39 is 0 Å². The first-order valence-corrected chi connectivity index (χ1v) is 5.55. The summed E-state index contributed by atoms with van der Waals surface area (Å²) in [5, 5.41) is 5.60. The number of nitrogens with two attached hydrogens (primary N) is 1. The largest absolute Gasteiger partial charge is 0.399 e. The van der Waals surface area contributed by atoms with E-state index in [0.717, 1.165) is 12.2 Å². The fraction of sp³-hybridized carbons (Fsp3) is 0.417. The quantitative estimate of drug-likeness (QED) is 0.691. The Morgan fingerprint density at radius 1 is 1.35 bits per heavy atom. The fourth-order valence-corrected chi connectivity index (χ4v) is 1.55. The van der Waals surface area contributed by atoms with Crippen LogP contribution in [0, 0.1) is 0 Å². The van der Waals surface area contributed by atoms with Crippen LogP contribution in [-0.4, -0.2) is 37.6 Å². The molecule has 0 heterocycles. The third kappa shape index (κ3) is 5.21. The van der Waals surface area contributed by atoms with Crippen molar-refractivity contribution < 1.29 is 4.79 Å². The van der Waals surface area contributed by atoms with E-state index >= 15 is 0 Å². The van der Waals surface area contributed by atoms with E-state index in [0.29, 0.717) is 5.69 Å². The summed E-state index contributed by atoms with van der Waals surface area (Å²) >= 11 is 0. The van der Waals surface area contributed by atoms with E-state index in [2.05, 4.69) is 10.6 Å². The van der Waals surface area contributed by atoms with Crippen LogP contribution in [0.25, 0.3) is 0 Å². The van der Waals surface area contributed by atoms with Crippen LogP contribution in [0.2, 0.25) is 0 Å². The van der Waals surface area contributed by atoms with Gasteiger partial charge in [-0.25, -0.2) is 4.79 Å². The molecule has 2 amide bonds. The first-order chi connectivity index (χ1) is 7.97. The lowest BCUT2D eigenvalue weighted by Gasteiger charge is -2.18. The predicted molar refractivity (Wildman–Crippen MR) is 71.0 cm³/mol. The van der Waals surface area contributed by atoms with Crippen molar-refractivity contribution in [3.8, 4) is 0 Å². The maximum Gasteiger partial charge on any atom is 0.319 e. The van der Waals surface area contributed by atoms with E-state index in [9.17, 15) is 4.79 Å². The molecular formula is C12H20N4O. The second-order valence-electron chi connectivity index (χ2n) is 4.38. The lowest BCUT2D eigenvalue weighted by atomic mass is 10.3. The van der Waals surface area contributed by atoms with Gasteiger partial charge in [0.05, 0.1) is 0 Å². The molecular weight excluding hydrogens is 216 g/mol. The van der Waals surface area contributed by atoms with E-state index in [1.54, 1.807) is 24.3 Å². The lowest BCUT2D eigenvalue weighted by Crippen LogP contribution is -2.41. The Bertz CT molecular complexity index is 361. The maximum atomic E-state index is 11.6. The number of nitrogens with zero attached hydrogens (tertiary/aromatic N) is 1. The lowest BCUT2D eigenvalue weighted by molar-refractivity contribution is 0.245. The number of hydrogen-bond donors (Lipinski definition) is 3. The SMILES string of the molecule is CC(CN(C)C)NC(=O)Nc1ccc(N)cc1. The van der Waals surface area contributed by atoms with E-state index in [-0.39, 0.29) is 12.1 Å². The summed E-state index contributed by atoms with van der Waals surface area (Å²) < 4.78 is 0. The van der Waals surface area contributed by atoms with E-state index in [1.165, 1.54) is 0 Å². The number of amides is 2. The first kappa shape index (κ1) is 13.3. The Morgan fingerprint density at radius 2 is 1.94 bits per heavy atom. The Labute approximate surface area is 102 Å². The number of likely N-dealkylation sites (N-methyl/N-ethyl adjacent to an activating group) is 1. The van der Waals surface area contributed by atoms with Gasteiger partial charge in [0.15, 0.2) is 0 Å². The van der Waals surface area contributed by atoms with Gasteiger partial charge in [-0.1, -0.05) is 0 Å². The highest BCUT2D eigenvalue weighted by Crippen LogP contribution is 2.10. The summed E-state index contributed by atoms with van der Waals surface area (Å²) in [6, 6.07) is 6.93. The van der Waals surface area contributed by atoms with Crippen molar-refractivity contribution in [3.63, 3.8) is 0 Å². The van der Waals surface area contributed by atoms with E-state index in [4.69, 9.17) is 5.73 Å². The highest BCUT2D eigenvalue weighted by atomic mass is 16.2. The molecule has 0 fully saturated rings. The number of benzene rings is 1. The summed E-state index contributed by atoms with van der Waals surface area (Å²) in [4.78, 5) is 13.6. The van der Waals surface area contributed by atoms with Crippen molar-refractivity contribution in [2.24, 2.45) is 0 Å². The zero-order valence-corrected chi connectivity index (χ0v) is 10.5. The molecule has 5 nitrogen and oxygen atoms in total. The second-order valence-corrected chi connectivity index (χ2v) is 4.38. The van der Waals surface area contributed by atoms with Gasteiger partial charge in [0.25, 0.3) is 0 Å². The molecule has 5 heteroatoms. The highest BCUT2D eigenvalue weighted by molar-refractivity contribution is 5.89. The van der Waals surface area contributed by atoms with Gasteiger partial charge in [-0.3, -0.25) is 0 Å². The number of carbonyl (C=O) groups excluding carboxylic acids is 1. The smallest absolute Gasteiger partial charge is 0.319 e. The monoisotopic (exact) mass is 236 g/mol. The molecule has 0 aliphatic carbocycles. The molecule has 1 aromatic rings. The number of nitrogen functional groups attached to an aromatic ring is 1. The number of anilines is 2. The normalized spacial score (nSPS) is 12.2. The minimum Gasteiger partial charge on any atom is -0.399 e. The second kappa shape index (κ2) is 6.10. The van der Waals surface area contributed by atoms with Crippen LogP contribution < -0.4 is 16.4 Å². The third-order valence-corrected chi connectivity index (χ3v) is 2.19. The Kier molecular flexibility index (Phi) is 4.78. The van der Waals surface area contributed by atoms with Crippen LogP contribution in [0.15, 0.2) is 24.3 Å². The van der Waals surface area contributed by atoms with E-state index in [1.807, 2.05) is 25.9 Å². The molecule has 1 atom stereocenters. The molecule has 94 valence electrons. The van der Waals surface area contributed by atoms with Gasteiger partial charge >= 0.3 is 6.03 Å². The molecule has 0 aliphatic heterocycles. The molecule has 0 bridgehead atoms. The standard InChI is InChI=1S/C12H20N4O/c1-9(8-16(2)3)14-12(17)15-11-6-4-10(13)5-7-11/h4-7,9H,8,13H2,1-3H3,(H2,14,15,17). The fourth-order valence-electron chi connectivity index (χ4n) is 1.55. The highest BCUT2D eigenvalue weighted by Gasteiger charge is 2.07. The zero-order valence-electron chi connectivity index (χ0n) is 10.5. The van der Waals surface area contributed by atoms with Crippen LogP contribution in [0.1, 0.15) is 6.92 Å². The van der Waals surface area contributed by atoms with Crippen molar-refractivity contribution in [2.45, 2.75) is 13.0 Å². The molecule has 0 radical (unpaired) electrons. The van der Waals surface area contributed by atoms with Crippen molar-refractivity contribution in [1.82, 2.24) is 10.2 Å². The average Bonchev–Trinajstić information content (AvgIpc) is 2.19. The van der Waals surface area contributed by atoms with Gasteiger partial charge in [0, 0.05) is 24.0 Å². The first-order valence-electron chi connectivity index (χ1n) is 5.55. The van der Waals surface area contributed by atoms with Crippen molar-refractivity contribution >= 4 is 17.4 Å². The Balaban J connectivity index is 2.41. The number of carbonyl (C=O) groups is 1. The molecule has 1 rings (SSSR count). The molecule has 0 saturated heterocycles. The van der Waals surface area contributed by atoms with Crippen LogP contribution in [0.3, 0.4) is 0 Å². The summed E-state index contributed by atoms with van der Waals surface area (Å²) in [5.41, 5.74) is 6.97. The molecule has 0 aliphatic rings. The Hall–Kier alpha value is -1.75. The van der Waals surface area contributed by atoms with Crippen molar-refractivity contribution in [3.05, 3.63) is 24.3 Å². The molecule has 4 N–H and O–H groups in total. The van der Waals surface area contributed by atoms with Crippen molar-refractivity contribution in [2.75, 3.05) is 31.7 Å². The van der Waals surface area contributed by atoms with Gasteiger partial charge in [0.1, 0.15) is 0 Å². The molecule has 0 aromatic heterocycles. The van der Waals surface area contributed by atoms with Gasteiger partial charge in [-0.2, -0.15) is 0 Å². The average molecular weight is 236 g/mol. The molecule has 17 heavy (non-hydrogen) atoms. The topological polar surface area (TPSA) is 70.4 Å². The number of urea groups is 1. The zero-order chi connectivity index (χ0) is 12.8. The van der Waals surface area contributed by atoms with Crippen LogP contribution in [-0.2, 0) is 0 Å². The van der Waals surface area contributed by atoms with Gasteiger partial charge in [0.2, 0.25) is 0 Å². The summed E-state index contributed by atoms with van der Waals surface area (Å²) in [7, 11) is 3.94. The van der Waals surface area contributed by atoms with Crippen LogP contribution >= 0.6 is 0 Å². The minimum absolute atomic E-state index is 0.0961. The molecule has 1 unspecified atom stereocenters.